The molecule has 150 valence electrons. The maximum absolute atomic E-state index is 13.2. The summed E-state index contributed by atoms with van der Waals surface area (Å²) in [6.07, 6.45) is 3.77. The fourth-order valence-electron chi connectivity index (χ4n) is 3.54. The molecule has 9 heteroatoms. The molecular weight excluding hydrogens is 372 g/mol. The van der Waals surface area contributed by atoms with Crippen molar-refractivity contribution in [3.63, 3.8) is 0 Å². The average molecular weight is 394 g/mol. The number of carbonyl (C=O) groups is 1. The van der Waals surface area contributed by atoms with Gasteiger partial charge in [0.05, 0.1) is 31.3 Å². The highest BCUT2D eigenvalue weighted by Gasteiger charge is 2.22. The first kappa shape index (κ1) is 18.7. The molecule has 29 heavy (non-hydrogen) atoms. The lowest BCUT2D eigenvalue weighted by Crippen LogP contribution is -2.22. The van der Waals surface area contributed by atoms with Gasteiger partial charge in [0.25, 0.3) is 5.91 Å². The zero-order chi connectivity index (χ0) is 20.2. The van der Waals surface area contributed by atoms with Crippen molar-refractivity contribution in [3.05, 3.63) is 48.3 Å². The highest BCUT2D eigenvalue weighted by molar-refractivity contribution is 6.09. The molecule has 0 saturated carbocycles. The van der Waals surface area contributed by atoms with E-state index < -0.39 is 0 Å². The van der Waals surface area contributed by atoms with Crippen LogP contribution in [0.25, 0.3) is 5.69 Å². The molecule has 0 bridgehead atoms. The molecule has 0 atom stereocenters. The van der Waals surface area contributed by atoms with E-state index in [1.807, 2.05) is 18.2 Å². The first-order valence-corrected chi connectivity index (χ1v) is 9.36. The number of nitrogens with zero attached hydrogens (tertiary/aromatic N) is 5. The highest BCUT2D eigenvalue weighted by Crippen LogP contribution is 2.34. The minimum atomic E-state index is -0.311. The number of aromatic nitrogens is 4. The Bertz CT molecular complexity index is 977. The Labute approximate surface area is 168 Å². The van der Waals surface area contributed by atoms with Crippen molar-refractivity contribution < 1.29 is 14.3 Å². The van der Waals surface area contributed by atoms with Crippen molar-refractivity contribution in [2.75, 3.05) is 37.5 Å². The van der Waals surface area contributed by atoms with Crippen LogP contribution in [0.4, 0.5) is 11.4 Å². The molecule has 0 radical (unpaired) electrons. The van der Waals surface area contributed by atoms with Crippen molar-refractivity contribution >= 4 is 17.3 Å². The fraction of sp³-hybridized carbons (Fsp3) is 0.300. The Balaban J connectivity index is 1.73. The maximum Gasteiger partial charge on any atom is 0.263 e. The van der Waals surface area contributed by atoms with Crippen molar-refractivity contribution in [1.82, 2.24) is 20.2 Å². The van der Waals surface area contributed by atoms with Crippen molar-refractivity contribution in [2.24, 2.45) is 0 Å². The molecule has 1 aliphatic rings. The third-order valence-corrected chi connectivity index (χ3v) is 4.94. The van der Waals surface area contributed by atoms with Crippen molar-refractivity contribution in [3.8, 4) is 17.2 Å². The van der Waals surface area contributed by atoms with Gasteiger partial charge in [0.15, 0.2) is 0 Å². The molecule has 4 rings (SSSR count). The Morgan fingerprint density at radius 3 is 2.41 bits per heavy atom. The topological polar surface area (TPSA) is 94.4 Å². The van der Waals surface area contributed by atoms with Crippen LogP contribution >= 0.6 is 0 Å². The summed E-state index contributed by atoms with van der Waals surface area (Å²) in [4.78, 5) is 15.5. The molecule has 1 amide bonds. The van der Waals surface area contributed by atoms with Gasteiger partial charge >= 0.3 is 0 Å². The number of hydrogen-bond donors (Lipinski definition) is 1. The predicted molar refractivity (Wildman–Crippen MR) is 108 cm³/mol. The number of ether oxygens (including phenoxy) is 2. The van der Waals surface area contributed by atoms with Crippen LogP contribution in [0.2, 0.25) is 0 Å². The lowest BCUT2D eigenvalue weighted by Gasteiger charge is -2.23. The summed E-state index contributed by atoms with van der Waals surface area (Å²) in [7, 11) is 3.05. The third kappa shape index (κ3) is 3.71. The Hall–Kier alpha value is -3.62. The van der Waals surface area contributed by atoms with Crippen LogP contribution in [0, 0.1) is 0 Å². The molecule has 0 aliphatic carbocycles. The minimum absolute atomic E-state index is 0.311. The molecule has 1 fully saturated rings. The van der Waals surface area contributed by atoms with Crippen LogP contribution in [-0.4, -0.2) is 53.4 Å². The molecule has 1 aromatic heterocycles. The number of carbonyl (C=O) groups excluding carboxylic acids is 1. The van der Waals surface area contributed by atoms with Crippen LogP contribution < -0.4 is 19.7 Å². The smallest absolute Gasteiger partial charge is 0.263 e. The van der Waals surface area contributed by atoms with E-state index in [0.717, 1.165) is 37.3 Å². The van der Waals surface area contributed by atoms with Gasteiger partial charge in [0.2, 0.25) is 0 Å². The molecule has 3 aromatic rings. The lowest BCUT2D eigenvalue weighted by molar-refractivity contribution is 0.102. The quantitative estimate of drug-likeness (QED) is 0.686. The third-order valence-electron chi connectivity index (χ3n) is 4.94. The first-order valence-electron chi connectivity index (χ1n) is 9.36. The van der Waals surface area contributed by atoms with Gasteiger partial charge < -0.3 is 19.7 Å². The van der Waals surface area contributed by atoms with Crippen LogP contribution in [-0.2, 0) is 0 Å². The van der Waals surface area contributed by atoms with Crippen LogP contribution in [0.5, 0.6) is 11.5 Å². The normalized spacial score (nSPS) is 13.4. The van der Waals surface area contributed by atoms with Crippen molar-refractivity contribution in [1.29, 1.82) is 0 Å². The highest BCUT2D eigenvalue weighted by atomic mass is 16.5. The fourth-order valence-corrected chi connectivity index (χ4v) is 3.54. The summed E-state index contributed by atoms with van der Waals surface area (Å²) in [6, 6.07) is 11.0. The second kappa shape index (κ2) is 8.17. The minimum Gasteiger partial charge on any atom is -0.496 e. The number of tetrazole rings is 1. The van der Waals surface area contributed by atoms with Crippen LogP contribution in [0.3, 0.4) is 0 Å². The Morgan fingerprint density at radius 1 is 1.07 bits per heavy atom. The van der Waals surface area contributed by atoms with Gasteiger partial charge in [-0.3, -0.25) is 4.79 Å². The molecule has 2 aromatic carbocycles. The summed E-state index contributed by atoms with van der Waals surface area (Å²) in [6.45, 7) is 1.90. The summed E-state index contributed by atoms with van der Waals surface area (Å²) < 4.78 is 12.3. The van der Waals surface area contributed by atoms with Gasteiger partial charge in [-0.1, -0.05) is 6.07 Å². The summed E-state index contributed by atoms with van der Waals surface area (Å²) in [5, 5.41) is 14.3. The van der Waals surface area contributed by atoms with Crippen LogP contribution in [0.1, 0.15) is 23.2 Å². The van der Waals surface area contributed by atoms with Gasteiger partial charge in [-0.2, -0.15) is 0 Å². The predicted octanol–water partition coefficient (Wildman–Crippen LogP) is 2.53. The summed E-state index contributed by atoms with van der Waals surface area (Å²) in [5.74, 6) is 0.580. The SMILES string of the molecule is COc1cccc(OC)c1C(=O)Nc1cc(-n2cnnn2)ccc1N1CCCC1. The first-order chi connectivity index (χ1) is 14.2. The molecule has 0 spiro atoms. The van der Waals surface area contributed by atoms with Gasteiger partial charge in [-0.15, -0.1) is 5.10 Å². The molecule has 2 heterocycles. The van der Waals surface area contributed by atoms with E-state index in [0.29, 0.717) is 22.7 Å². The standard InChI is InChI=1S/C20H22N6O3/c1-28-17-6-5-7-18(29-2)19(17)20(27)22-15-12-14(26-13-21-23-24-26)8-9-16(15)25-10-3-4-11-25/h5-9,12-13H,3-4,10-11H2,1-2H3,(H,22,27). The van der Waals surface area contributed by atoms with E-state index in [9.17, 15) is 4.79 Å². The monoisotopic (exact) mass is 394 g/mol. The van der Waals surface area contributed by atoms with Gasteiger partial charge in [0, 0.05) is 13.1 Å². The van der Waals surface area contributed by atoms with Crippen LogP contribution in [0.15, 0.2) is 42.7 Å². The number of amides is 1. The maximum atomic E-state index is 13.2. The number of rotatable bonds is 6. The number of methoxy groups -OCH3 is 2. The van der Waals surface area contributed by atoms with E-state index in [4.69, 9.17) is 9.47 Å². The lowest BCUT2D eigenvalue weighted by atomic mass is 10.1. The van der Waals surface area contributed by atoms with E-state index in [2.05, 4.69) is 25.7 Å². The number of benzene rings is 2. The molecule has 1 aliphatic heterocycles. The Morgan fingerprint density at radius 2 is 1.79 bits per heavy atom. The van der Waals surface area contributed by atoms with Gasteiger partial charge in [-0.25, -0.2) is 4.68 Å². The second-order valence-corrected chi connectivity index (χ2v) is 6.64. The Kier molecular flexibility index (Phi) is 5.28. The van der Waals surface area contributed by atoms with E-state index in [1.165, 1.54) is 20.5 Å². The average Bonchev–Trinajstić information content (AvgIpc) is 3.47. The number of anilines is 2. The molecule has 0 unspecified atom stereocenters. The van der Waals surface area contributed by atoms with Gasteiger partial charge in [-0.05, 0) is 53.6 Å². The summed E-state index contributed by atoms with van der Waals surface area (Å²) >= 11 is 0. The van der Waals surface area contributed by atoms with Gasteiger partial charge in [0.1, 0.15) is 23.4 Å². The zero-order valence-corrected chi connectivity index (χ0v) is 16.3. The van der Waals surface area contributed by atoms with Crippen molar-refractivity contribution in [2.45, 2.75) is 12.8 Å². The van der Waals surface area contributed by atoms with E-state index >= 15 is 0 Å². The second-order valence-electron chi connectivity index (χ2n) is 6.64. The van der Waals surface area contributed by atoms with E-state index in [1.54, 1.807) is 22.9 Å². The molecule has 9 nitrogen and oxygen atoms in total. The number of hydrogen-bond acceptors (Lipinski definition) is 7. The molecule has 1 saturated heterocycles. The largest absolute Gasteiger partial charge is 0.496 e. The van der Waals surface area contributed by atoms with E-state index in [-0.39, 0.29) is 5.91 Å². The number of nitrogens with one attached hydrogen (secondary N) is 1. The molecule has 1 N–H and O–H groups in total. The zero-order valence-electron chi connectivity index (χ0n) is 16.3. The molecular formula is C20H22N6O3. The summed E-state index contributed by atoms with van der Waals surface area (Å²) in [5.41, 5.74) is 2.73.